The number of imidazole rings is 1. The lowest BCUT2D eigenvalue weighted by Crippen LogP contribution is -2.25. The molecule has 27 heavy (non-hydrogen) atoms. The van der Waals surface area contributed by atoms with E-state index in [1.165, 1.54) is 17.0 Å². The van der Waals surface area contributed by atoms with Crippen LogP contribution >= 0.6 is 0 Å². The highest BCUT2D eigenvalue weighted by Gasteiger charge is 2.32. The highest BCUT2D eigenvalue weighted by molar-refractivity contribution is 5.89. The van der Waals surface area contributed by atoms with Crippen molar-refractivity contribution in [2.24, 2.45) is 0 Å². The first-order valence-corrected chi connectivity index (χ1v) is 8.59. The standard InChI is InChI=1S/C20H18FN3O3/c21-18-10-16(6-7-19(18)26-13-15-4-2-1-3-5-15)24-12-17(27-20(24)25)11-23-9-8-22-14-23/h1-10,14,17H,11-13H2/t17-/m1/s1. The van der Waals surface area contributed by atoms with Gasteiger partial charge in [0.2, 0.25) is 0 Å². The number of hydrogen-bond donors (Lipinski definition) is 0. The second-order valence-corrected chi connectivity index (χ2v) is 6.26. The molecule has 0 spiro atoms. The van der Waals surface area contributed by atoms with Gasteiger partial charge in [0.25, 0.3) is 0 Å². The molecule has 3 aromatic rings. The molecule has 2 aromatic carbocycles. The van der Waals surface area contributed by atoms with Gasteiger partial charge in [-0.1, -0.05) is 30.3 Å². The molecule has 4 rings (SSSR count). The SMILES string of the molecule is O=C1O[C@H](Cn2ccnc2)CN1c1ccc(OCc2ccccc2)c(F)c1. The van der Waals surface area contributed by atoms with Gasteiger partial charge in [-0.2, -0.15) is 0 Å². The molecule has 2 heterocycles. The van der Waals surface area contributed by atoms with Crippen molar-refractivity contribution >= 4 is 11.8 Å². The molecule has 1 amide bonds. The number of nitrogens with zero attached hydrogens (tertiary/aromatic N) is 3. The predicted octanol–water partition coefficient (Wildman–Crippen LogP) is 3.63. The molecule has 1 aliphatic heterocycles. The third-order valence-corrected chi connectivity index (χ3v) is 4.31. The number of carbonyl (C=O) groups is 1. The van der Waals surface area contributed by atoms with Crippen molar-refractivity contribution in [3.05, 3.63) is 78.6 Å². The Hall–Kier alpha value is -3.35. The molecule has 7 heteroatoms. The first kappa shape index (κ1) is 17.1. The molecule has 138 valence electrons. The van der Waals surface area contributed by atoms with Crippen molar-refractivity contribution in [2.45, 2.75) is 19.3 Å². The van der Waals surface area contributed by atoms with Crippen LogP contribution in [0.25, 0.3) is 0 Å². The molecule has 0 bridgehead atoms. The third-order valence-electron chi connectivity index (χ3n) is 4.31. The summed E-state index contributed by atoms with van der Waals surface area (Å²) in [6, 6.07) is 14.0. The van der Waals surface area contributed by atoms with Gasteiger partial charge in [-0.15, -0.1) is 0 Å². The summed E-state index contributed by atoms with van der Waals surface area (Å²) in [4.78, 5) is 17.5. The van der Waals surface area contributed by atoms with Crippen LogP contribution in [-0.4, -0.2) is 28.3 Å². The smallest absolute Gasteiger partial charge is 0.414 e. The van der Waals surface area contributed by atoms with Crippen molar-refractivity contribution in [3.63, 3.8) is 0 Å². The van der Waals surface area contributed by atoms with Gasteiger partial charge in [-0.05, 0) is 17.7 Å². The fourth-order valence-electron chi connectivity index (χ4n) is 2.97. The van der Waals surface area contributed by atoms with E-state index in [0.29, 0.717) is 18.8 Å². The monoisotopic (exact) mass is 367 g/mol. The topological polar surface area (TPSA) is 56.6 Å². The zero-order chi connectivity index (χ0) is 18.6. The Bertz CT molecular complexity index is 915. The Kier molecular flexibility index (Phi) is 4.74. The molecule has 1 fully saturated rings. The van der Waals surface area contributed by atoms with Gasteiger partial charge in [0.05, 0.1) is 25.1 Å². The molecular formula is C20H18FN3O3. The number of ether oxygens (including phenoxy) is 2. The van der Waals surface area contributed by atoms with Gasteiger partial charge in [-0.3, -0.25) is 4.90 Å². The van der Waals surface area contributed by atoms with Crippen LogP contribution in [0.5, 0.6) is 5.75 Å². The quantitative estimate of drug-likeness (QED) is 0.668. The maximum absolute atomic E-state index is 14.4. The predicted molar refractivity (Wildman–Crippen MR) is 97.0 cm³/mol. The second-order valence-electron chi connectivity index (χ2n) is 6.26. The summed E-state index contributed by atoms with van der Waals surface area (Å²) in [7, 11) is 0. The fourth-order valence-corrected chi connectivity index (χ4v) is 2.97. The van der Waals surface area contributed by atoms with E-state index < -0.39 is 11.9 Å². The number of hydrogen-bond acceptors (Lipinski definition) is 4. The zero-order valence-electron chi connectivity index (χ0n) is 14.5. The van der Waals surface area contributed by atoms with Gasteiger partial charge < -0.3 is 14.0 Å². The van der Waals surface area contributed by atoms with Crippen molar-refractivity contribution in [1.82, 2.24) is 9.55 Å². The Morgan fingerprint density at radius 1 is 1.22 bits per heavy atom. The highest BCUT2D eigenvalue weighted by Crippen LogP contribution is 2.28. The van der Waals surface area contributed by atoms with Crippen LogP contribution in [0.4, 0.5) is 14.9 Å². The van der Waals surface area contributed by atoms with E-state index in [1.807, 2.05) is 34.9 Å². The molecule has 0 unspecified atom stereocenters. The number of aromatic nitrogens is 2. The van der Waals surface area contributed by atoms with Crippen molar-refractivity contribution < 1.29 is 18.7 Å². The Morgan fingerprint density at radius 3 is 2.81 bits per heavy atom. The Morgan fingerprint density at radius 2 is 2.07 bits per heavy atom. The minimum atomic E-state index is -0.519. The van der Waals surface area contributed by atoms with Gasteiger partial charge in [0.15, 0.2) is 11.6 Å². The maximum atomic E-state index is 14.4. The first-order valence-electron chi connectivity index (χ1n) is 8.59. The molecule has 6 nitrogen and oxygen atoms in total. The molecule has 1 aliphatic rings. The lowest BCUT2D eigenvalue weighted by atomic mass is 10.2. The van der Waals surface area contributed by atoms with E-state index in [0.717, 1.165) is 5.56 Å². The van der Waals surface area contributed by atoms with Crippen LogP contribution in [0.1, 0.15) is 5.56 Å². The third kappa shape index (κ3) is 3.92. The lowest BCUT2D eigenvalue weighted by molar-refractivity contribution is 0.132. The average Bonchev–Trinajstić information content (AvgIpc) is 3.31. The summed E-state index contributed by atoms with van der Waals surface area (Å²) in [5.41, 5.74) is 1.39. The summed E-state index contributed by atoms with van der Waals surface area (Å²) in [6.07, 6.45) is 4.32. The van der Waals surface area contributed by atoms with Crippen molar-refractivity contribution in [2.75, 3.05) is 11.4 Å². The van der Waals surface area contributed by atoms with E-state index >= 15 is 0 Å². The number of rotatable bonds is 6. The second kappa shape index (κ2) is 7.49. The van der Waals surface area contributed by atoms with E-state index in [9.17, 15) is 9.18 Å². The van der Waals surface area contributed by atoms with Gasteiger partial charge in [-0.25, -0.2) is 14.2 Å². The van der Waals surface area contributed by atoms with Gasteiger partial charge >= 0.3 is 6.09 Å². The number of cyclic esters (lactones) is 1. The van der Waals surface area contributed by atoms with Crippen LogP contribution in [0, 0.1) is 5.82 Å². The van der Waals surface area contributed by atoms with E-state index in [1.54, 1.807) is 24.8 Å². The van der Waals surface area contributed by atoms with Crippen LogP contribution < -0.4 is 9.64 Å². The number of amides is 1. The fraction of sp³-hybridized carbons (Fsp3) is 0.200. The van der Waals surface area contributed by atoms with E-state index in [2.05, 4.69) is 4.98 Å². The Balaban J connectivity index is 1.41. The summed E-state index contributed by atoms with van der Waals surface area (Å²) in [6.45, 7) is 1.12. The molecule has 0 aliphatic carbocycles. The summed E-state index contributed by atoms with van der Waals surface area (Å²) >= 11 is 0. The number of benzene rings is 2. The first-order chi connectivity index (χ1) is 13.2. The molecule has 1 aromatic heterocycles. The normalized spacial score (nSPS) is 16.4. The van der Waals surface area contributed by atoms with Crippen LogP contribution in [0.2, 0.25) is 0 Å². The zero-order valence-corrected chi connectivity index (χ0v) is 14.5. The Labute approximate surface area is 155 Å². The molecule has 0 radical (unpaired) electrons. The van der Waals surface area contributed by atoms with Crippen LogP contribution in [0.3, 0.4) is 0 Å². The van der Waals surface area contributed by atoms with Gasteiger partial charge in [0, 0.05) is 18.5 Å². The van der Waals surface area contributed by atoms with Crippen LogP contribution in [-0.2, 0) is 17.9 Å². The van der Waals surface area contributed by atoms with Crippen LogP contribution in [0.15, 0.2) is 67.3 Å². The minimum absolute atomic E-state index is 0.144. The number of anilines is 1. The number of carbonyl (C=O) groups excluding carboxylic acids is 1. The molecule has 0 N–H and O–H groups in total. The summed E-state index contributed by atoms with van der Waals surface area (Å²) in [5.74, 6) is -0.376. The van der Waals surface area contributed by atoms with Crippen molar-refractivity contribution in [1.29, 1.82) is 0 Å². The lowest BCUT2D eigenvalue weighted by Gasteiger charge is -2.15. The largest absolute Gasteiger partial charge is 0.486 e. The average molecular weight is 367 g/mol. The maximum Gasteiger partial charge on any atom is 0.414 e. The summed E-state index contributed by atoms with van der Waals surface area (Å²) < 4.78 is 27.2. The minimum Gasteiger partial charge on any atom is -0.486 e. The molecule has 1 saturated heterocycles. The molecular weight excluding hydrogens is 349 g/mol. The van der Waals surface area contributed by atoms with E-state index in [-0.39, 0.29) is 18.5 Å². The molecule has 1 atom stereocenters. The highest BCUT2D eigenvalue weighted by atomic mass is 19.1. The van der Waals surface area contributed by atoms with E-state index in [4.69, 9.17) is 9.47 Å². The number of halogens is 1. The summed E-state index contributed by atoms with van der Waals surface area (Å²) in [5, 5.41) is 0. The van der Waals surface area contributed by atoms with Crippen molar-refractivity contribution in [3.8, 4) is 5.75 Å². The molecule has 0 saturated carbocycles. The van der Waals surface area contributed by atoms with Gasteiger partial charge in [0.1, 0.15) is 12.7 Å².